The van der Waals surface area contributed by atoms with Crippen LogP contribution in [0.5, 0.6) is 0 Å². The normalized spacial score (nSPS) is 20.5. The number of benzene rings is 2. The molecule has 3 amide bonds. The van der Waals surface area contributed by atoms with Gasteiger partial charge in [-0.2, -0.15) is 0 Å². The van der Waals surface area contributed by atoms with Crippen LogP contribution in [-0.4, -0.2) is 51.0 Å². The van der Waals surface area contributed by atoms with Crippen LogP contribution >= 0.6 is 0 Å². The van der Waals surface area contributed by atoms with Crippen molar-refractivity contribution in [2.75, 3.05) is 6.54 Å². The number of nitrogens with one attached hydrogen (secondary N) is 2. The number of aromatic nitrogens is 1. The molecule has 2 atom stereocenters. The van der Waals surface area contributed by atoms with Crippen molar-refractivity contribution in [3.05, 3.63) is 71.4 Å². The van der Waals surface area contributed by atoms with Crippen LogP contribution in [0.1, 0.15) is 43.6 Å². The molecule has 33 heavy (non-hydrogen) atoms. The third kappa shape index (κ3) is 3.71. The molecule has 8 nitrogen and oxygen atoms in total. The van der Waals surface area contributed by atoms with Gasteiger partial charge in [0.05, 0.1) is 6.04 Å². The highest BCUT2D eigenvalue weighted by Gasteiger charge is 2.48. The maximum atomic E-state index is 13.5. The highest BCUT2D eigenvalue weighted by Crippen LogP contribution is 2.42. The average molecular weight is 447 g/mol. The molecule has 2 aliphatic rings. The van der Waals surface area contributed by atoms with Gasteiger partial charge in [-0.05, 0) is 38.0 Å². The lowest BCUT2D eigenvalue weighted by Gasteiger charge is -2.46. The number of piperazine rings is 1. The summed E-state index contributed by atoms with van der Waals surface area (Å²) in [6, 6.07) is 16.5. The van der Waals surface area contributed by atoms with Crippen LogP contribution in [-0.2, 0) is 20.7 Å². The summed E-state index contributed by atoms with van der Waals surface area (Å²) in [4.78, 5) is 44.3. The average Bonchev–Trinajstić information content (AvgIpc) is 3.13. The summed E-state index contributed by atoms with van der Waals surface area (Å²) in [5.74, 6) is -0.578. The predicted octanol–water partition coefficient (Wildman–Crippen LogP) is 3.29. The van der Waals surface area contributed by atoms with Gasteiger partial charge in [0.15, 0.2) is 0 Å². The van der Waals surface area contributed by atoms with E-state index < -0.39 is 23.8 Å². The van der Waals surface area contributed by atoms with Gasteiger partial charge < -0.3 is 14.6 Å². The summed E-state index contributed by atoms with van der Waals surface area (Å²) >= 11 is 0. The highest BCUT2D eigenvalue weighted by molar-refractivity contribution is 5.98. The largest absolute Gasteiger partial charge is 0.443 e. The van der Waals surface area contributed by atoms with Crippen LogP contribution in [0.4, 0.5) is 4.79 Å². The summed E-state index contributed by atoms with van der Waals surface area (Å²) in [5, 5.41) is 2.12. The molecule has 0 spiro atoms. The van der Waals surface area contributed by atoms with E-state index in [1.54, 1.807) is 25.7 Å². The predicted molar refractivity (Wildman–Crippen MR) is 122 cm³/mol. The number of amides is 3. The fourth-order valence-corrected chi connectivity index (χ4v) is 4.75. The lowest BCUT2D eigenvalue weighted by molar-refractivity contribution is -0.161. The topological polar surface area (TPSA) is 94.7 Å². The van der Waals surface area contributed by atoms with Crippen LogP contribution in [0.15, 0.2) is 54.6 Å². The van der Waals surface area contributed by atoms with E-state index in [9.17, 15) is 14.4 Å². The van der Waals surface area contributed by atoms with Crippen LogP contribution < -0.4 is 5.43 Å². The molecule has 3 heterocycles. The SMILES string of the molecule is CC(C)(C)OC(=O)NN1CC(=O)N2C(Cc3c([nH]c4ccccc34)C2c2ccccc2)C1=O. The van der Waals surface area contributed by atoms with E-state index in [0.717, 1.165) is 32.7 Å². The highest BCUT2D eigenvalue weighted by atomic mass is 16.6. The van der Waals surface area contributed by atoms with Crippen LogP contribution in [0.25, 0.3) is 10.9 Å². The van der Waals surface area contributed by atoms with Gasteiger partial charge in [-0.3, -0.25) is 9.59 Å². The smallest absolute Gasteiger partial charge is 0.426 e. The van der Waals surface area contributed by atoms with Crippen LogP contribution in [0, 0.1) is 0 Å². The molecular formula is C25H26N4O4. The van der Waals surface area contributed by atoms with E-state index in [4.69, 9.17) is 4.74 Å². The van der Waals surface area contributed by atoms with Gasteiger partial charge in [-0.15, -0.1) is 0 Å². The molecule has 2 aliphatic heterocycles. The number of rotatable bonds is 2. The standard InChI is InChI=1S/C25H26N4O4/c1-25(2,3)33-24(32)27-28-14-20(30)29-19(23(28)31)13-17-16-11-7-8-12-18(16)26-21(17)22(29)15-9-5-4-6-10-15/h4-12,19,22,26H,13-14H2,1-3H3,(H,27,32). The molecule has 170 valence electrons. The molecule has 1 fully saturated rings. The van der Waals surface area contributed by atoms with E-state index in [0.29, 0.717) is 6.42 Å². The van der Waals surface area contributed by atoms with Gasteiger partial charge >= 0.3 is 6.09 Å². The third-order valence-electron chi connectivity index (χ3n) is 6.00. The fourth-order valence-electron chi connectivity index (χ4n) is 4.75. The minimum absolute atomic E-state index is 0.242. The number of para-hydroxylation sites is 1. The maximum Gasteiger partial charge on any atom is 0.426 e. The van der Waals surface area contributed by atoms with Gasteiger partial charge in [-0.1, -0.05) is 48.5 Å². The van der Waals surface area contributed by atoms with Gasteiger partial charge in [0.2, 0.25) is 5.91 Å². The Balaban J connectivity index is 1.55. The van der Waals surface area contributed by atoms with Crippen molar-refractivity contribution >= 4 is 28.8 Å². The zero-order valence-corrected chi connectivity index (χ0v) is 18.8. The Labute approximate surface area is 191 Å². The van der Waals surface area contributed by atoms with Crippen LogP contribution in [0.2, 0.25) is 0 Å². The quantitative estimate of drug-likeness (QED) is 0.632. The molecule has 1 saturated heterocycles. The van der Waals surface area contributed by atoms with Gasteiger partial charge in [0, 0.05) is 23.0 Å². The molecule has 0 radical (unpaired) electrons. The zero-order chi connectivity index (χ0) is 23.3. The fraction of sp³-hybridized carbons (Fsp3) is 0.320. The zero-order valence-electron chi connectivity index (χ0n) is 18.8. The minimum atomic E-state index is -0.764. The number of carbonyl (C=O) groups excluding carboxylic acids is 3. The van der Waals surface area contributed by atoms with Crippen molar-refractivity contribution in [1.29, 1.82) is 0 Å². The van der Waals surface area contributed by atoms with Crippen molar-refractivity contribution in [2.45, 2.75) is 44.9 Å². The summed E-state index contributed by atoms with van der Waals surface area (Å²) < 4.78 is 5.28. The Morgan fingerprint density at radius 1 is 1.06 bits per heavy atom. The molecule has 0 bridgehead atoms. The lowest BCUT2D eigenvalue weighted by Crippen LogP contribution is -2.66. The van der Waals surface area contributed by atoms with Gasteiger partial charge in [0.1, 0.15) is 18.2 Å². The molecule has 8 heteroatoms. The Bertz CT molecular complexity index is 1240. The molecule has 2 aromatic carbocycles. The van der Waals surface area contributed by atoms with E-state index in [1.165, 1.54) is 0 Å². The number of carbonyl (C=O) groups is 3. The van der Waals surface area contributed by atoms with Crippen molar-refractivity contribution in [3.8, 4) is 0 Å². The second-order valence-corrected chi connectivity index (χ2v) is 9.44. The van der Waals surface area contributed by atoms with Crippen molar-refractivity contribution in [3.63, 3.8) is 0 Å². The first kappa shape index (κ1) is 21.1. The molecule has 0 saturated carbocycles. The van der Waals surface area contributed by atoms with Crippen LogP contribution in [0.3, 0.4) is 0 Å². The molecule has 0 aliphatic carbocycles. The lowest BCUT2D eigenvalue weighted by atomic mass is 9.86. The third-order valence-corrected chi connectivity index (χ3v) is 6.00. The Hall–Kier alpha value is -3.81. The summed E-state index contributed by atoms with van der Waals surface area (Å²) in [6.07, 6.45) is -0.403. The Morgan fingerprint density at radius 2 is 1.76 bits per heavy atom. The Kier molecular flexibility index (Phi) is 4.88. The summed E-state index contributed by atoms with van der Waals surface area (Å²) in [5.41, 5.74) is 5.57. The Morgan fingerprint density at radius 3 is 2.48 bits per heavy atom. The molecule has 2 unspecified atom stereocenters. The molecular weight excluding hydrogens is 420 g/mol. The number of hydrazine groups is 1. The number of hydrogen-bond donors (Lipinski definition) is 2. The first-order valence-electron chi connectivity index (χ1n) is 11.0. The first-order valence-corrected chi connectivity index (χ1v) is 11.0. The van der Waals surface area contributed by atoms with E-state index >= 15 is 0 Å². The number of ether oxygens (including phenoxy) is 1. The van der Waals surface area contributed by atoms with Crippen molar-refractivity contribution in [2.24, 2.45) is 0 Å². The number of H-pyrrole nitrogens is 1. The summed E-state index contributed by atoms with van der Waals surface area (Å²) in [6.45, 7) is 4.96. The second-order valence-electron chi connectivity index (χ2n) is 9.44. The number of aromatic amines is 1. The van der Waals surface area contributed by atoms with Gasteiger partial charge in [-0.25, -0.2) is 15.2 Å². The number of nitrogens with zero attached hydrogens (tertiary/aromatic N) is 2. The summed E-state index contributed by atoms with van der Waals surface area (Å²) in [7, 11) is 0. The minimum Gasteiger partial charge on any atom is -0.443 e. The monoisotopic (exact) mass is 446 g/mol. The molecule has 5 rings (SSSR count). The molecule has 1 aromatic heterocycles. The second kappa shape index (κ2) is 7.65. The number of fused-ring (bicyclic) bond motifs is 4. The maximum absolute atomic E-state index is 13.5. The first-order chi connectivity index (χ1) is 15.7. The van der Waals surface area contributed by atoms with Crippen molar-refractivity contribution < 1.29 is 19.1 Å². The van der Waals surface area contributed by atoms with E-state index in [-0.39, 0.29) is 18.4 Å². The van der Waals surface area contributed by atoms with Crippen molar-refractivity contribution in [1.82, 2.24) is 20.3 Å². The van der Waals surface area contributed by atoms with Gasteiger partial charge in [0.25, 0.3) is 5.91 Å². The number of hydrogen-bond acceptors (Lipinski definition) is 4. The molecule has 2 N–H and O–H groups in total. The molecule has 3 aromatic rings. The van der Waals surface area contributed by atoms with E-state index in [1.807, 2.05) is 54.6 Å². The van der Waals surface area contributed by atoms with E-state index in [2.05, 4.69) is 10.4 Å².